The first-order valence-corrected chi connectivity index (χ1v) is 11.4. The number of hydrogen-bond donors (Lipinski definition) is 2. The van der Waals surface area contributed by atoms with Gasteiger partial charge in [-0.15, -0.1) is 0 Å². The molecule has 0 aliphatic carbocycles. The number of benzene rings is 2. The lowest BCUT2D eigenvalue weighted by Gasteiger charge is -2.31. The van der Waals surface area contributed by atoms with Crippen LogP contribution in [0.3, 0.4) is 0 Å². The van der Waals surface area contributed by atoms with Crippen molar-refractivity contribution in [2.24, 2.45) is 5.92 Å². The average molecular weight is 523 g/mol. The molecule has 0 saturated heterocycles. The molecule has 0 radical (unpaired) electrons. The number of amides is 2. The van der Waals surface area contributed by atoms with Crippen molar-refractivity contribution in [3.63, 3.8) is 0 Å². The Morgan fingerprint density at radius 1 is 1.15 bits per heavy atom. The molecule has 0 aliphatic rings. The smallest absolute Gasteiger partial charge is 0.253 e. The Labute approximate surface area is 202 Å². The summed E-state index contributed by atoms with van der Waals surface area (Å²) in [7, 11) is 3.25. The van der Waals surface area contributed by atoms with Crippen LogP contribution in [0.15, 0.2) is 53.0 Å². The van der Waals surface area contributed by atoms with Gasteiger partial charge < -0.3 is 19.1 Å². The highest BCUT2D eigenvalue weighted by molar-refractivity contribution is 9.10. The number of methoxy groups -OCH3 is 1. The van der Waals surface area contributed by atoms with Gasteiger partial charge in [-0.1, -0.05) is 28.1 Å². The first-order valence-electron chi connectivity index (χ1n) is 10.6. The summed E-state index contributed by atoms with van der Waals surface area (Å²) in [6.07, 6.45) is 0.625. The van der Waals surface area contributed by atoms with Crippen LogP contribution >= 0.6 is 15.9 Å². The van der Waals surface area contributed by atoms with Crippen molar-refractivity contribution < 1.29 is 29.0 Å². The number of carbonyl (C=O) groups is 2. The van der Waals surface area contributed by atoms with E-state index in [1.165, 1.54) is 0 Å². The lowest BCUT2D eigenvalue weighted by atomic mass is 9.91. The molecule has 0 spiro atoms. The molecule has 9 heteroatoms. The second-order valence-electron chi connectivity index (χ2n) is 7.52. The molecule has 2 N–H and O–H groups in total. The van der Waals surface area contributed by atoms with Crippen molar-refractivity contribution in [2.45, 2.75) is 25.8 Å². The maximum atomic E-state index is 13.1. The van der Waals surface area contributed by atoms with Crippen LogP contribution < -0.4 is 10.2 Å². The molecule has 180 valence electrons. The molecule has 8 nitrogen and oxygen atoms in total. The third-order valence-corrected chi connectivity index (χ3v) is 5.82. The van der Waals surface area contributed by atoms with Crippen LogP contribution in [0.2, 0.25) is 0 Å². The van der Waals surface area contributed by atoms with Crippen LogP contribution in [-0.4, -0.2) is 62.1 Å². The highest BCUT2D eigenvalue weighted by Crippen LogP contribution is 2.22. The minimum absolute atomic E-state index is 0.0834. The van der Waals surface area contributed by atoms with Crippen LogP contribution in [0.1, 0.15) is 29.3 Å². The Bertz CT molecular complexity index is 893. The number of ether oxygens (including phenoxy) is 3. The summed E-state index contributed by atoms with van der Waals surface area (Å²) in [4.78, 5) is 27.2. The number of rotatable bonds is 13. The third-order valence-electron chi connectivity index (χ3n) is 5.29. The van der Waals surface area contributed by atoms with Crippen molar-refractivity contribution >= 4 is 27.7 Å². The molecular weight excluding hydrogens is 492 g/mol. The standard InChI is InChI=1S/C24H31BrN2O6/c1-4-32-16-33-15-21(27(2)24(29)18-8-10-20(25)11-9-18)14-19(23(28)26-30)12-17-6-5-7-22(13-17)31-3/h5-11,13,19,21,30H,4,12,14-16H2,1-3H3,(H,26,28)/t19-,21-/m0/s1. The van der Waals surface area contributed by atoms with Gasteiger partial charge in [0.15, 0.2) is 0 Å². The second kappa shape index (κ2) is 13.9. The molecule has 2 amide bonds. The summed E-state index contributed by atoms with van der Waals surface area (Å²) in [5, 5.41) is 9.33. The normalized spacial score (nSPS) is 12.6. The van der Waals surface area contributed by atoms with Gasteiger partial charge in [0.05, 0.1) is 19.8 Å². The molecule has 0 saturated carbocycles. The van der Waals surface area contributed by atoms with Gasteiger partial charge in [-0.3, -0.25) is 14.8 Å². The van der Waals surface area contributed by atoms with Gasteiger partial charge in [-0.25, -0.2) is 5.48 Å². The van der Waals surface area contributed by atoms with Gasteiger partial charge in [0, 0.05) is 29.6 Å². The number of nitrogens with zero attached hydrogens (tertiary/aromatic N) is 1. The molecule has 0 aliphatic heterocycles. The van der Waals surface area contributed by atoms with E-state index in [0.29, 0.717) is 24.3 Å². The van der Waals surface area contributed by atoms with Gasteiger partial charge in [0.1, 0.15) is 12.5 Å². The lowest BCUT2D eigenvalue weighted by molar-refractivity contribution is -0.134. The molecule has 2 rings (SSSR count). The zero-order valence-corrected chi connectivity index (χ0v) is 20.7. The number of hydrogen-bond acceptors (Lipinski definition) is 6. The van der Waals surface area contributed by atoms with Crippen molar-refractivity contribution in [2.75, 3.05) is 34.2 Å². The number of nitrogens with one attached hydrogen (secondary N) is 1. The van der Waals surface area contributed by atoms with E-state index >= 15 is 0 Å². The predicted octanol–water partition coefficient (Wildman–Crippen LogP) is 3.66. The Kier molecular flexibility index (Phi) is 11.3. The number of hydroxylamine groups is 1. The number of halogens is 1. The molecule has 2 aromatic carbocycles. The zero-order valence-electron chi connectivity index (χ0n) is 19.1. The largest absolute Gasteiger partial charge is 0.497 e. The van der Waals surface area contributed by atoms with E-state index in [-0.39, 0.29) is 25.7 Å². The monoisotopic (exact) mass is 522 g/mol. The fraction of sp³-hybridized carbons (Fsp3) is 0.417. The van der Waals surface area contributed by atoms with Gasteiger partial charge in [-0.05, 0) is 61.7 Å². The Morgan fingerprint density at radius 3 is 2.52 bits per heavy atom. The summed E-state index contributed by atoms with van der Waals surface area (Å²) in [5.41, 5.74) is 3.15. The van der Waals surface area contributed by atoms with Crippen LogP contribution in [0.5, 0.6) is 5.75 Å². The molecule has 0 bridgehead atoms. The highest BCUT2D eigenvalue weighted by Gasteiger charge is 2.29. The van der Waals surface area contributed by atoms with E-state index in [4.69, 9.17) is 14.2 Å². The van der Waals surface area contributed by atoms with Crippen molar-refractivity contribution in [3.8, 4) is 5.75 Å². The van der Waals surface area contributed by atoms with Crippen LogP contribution in [0.25, 0.3) is 0 Å². The van der Waals surface area contributed by atoms with Crippen LogP contribution in [-0.2, 0) is 20.7 Å². The molecule has 0 aromatic heterocycles. The SMILES string of the molecule is CCOCOC[C@H](C[C@H](Cc1cccc(OC)c1)C(=O)NO)N(C)C(=O)c1ccc(Br)cc1. The average Bonchev–Trinajstić information content (AvgIpc) is 2.84. The molecule has 2 atom stereocenters. The number of carbonyl (C=O) groups excluding carboxylic acids is 2. The quantitative estimate of drug-likeness (QED) is 0.180. The topological polar surface area (TPSA) is 97.3 Å². The zero-order chi connectivity index (χ0) is 24.2. The Morgan fingerprint density at radius 2 is 1.88 bits per heavy atom. The van der Waals surface area contributed by atoms with Crippen molar-refractivity contribution in [3.05, 3.63) is 64.1 Å². The third kappa shape index (κ3) is 8.43. The van der Waals surface area contributed by atoms with E-state index in [0.717, 1.165) is 10.0 Å². The summed E-state index contributed by atoms with van der Waals surface area (Å²) >= 11 is 3.37. The van der Waals surface area contributed by atoms with Crippen molar-refractivity contribution in [1.29, 1.82) is 0 Å². The summed E-state index contributed by atoms with van der Waals surface area (Å²) in [5.74, 6) is -0.660. The van der Waals surface area contributed by atoms with E-state index in [2.05, 4.69) is 15.9 Å². The molecule has 0 unspecified atom stereocenters. The second-order valence-corrected chi connectivity index (χ2v) is 8.44. The van der Waals surface area contributed by atoms with Gasteiger partial charge in [0.2, 0.25) is 5.91 Å². The predicted molar refractivity (Wildman–Crippen MR) is 127 cm³/mol. The van der Waals surface area contributed by atoms with Crippen LogP contribution in [0.4, 0.5) is 0 Å². The minimum atomic E-state index is -0.608. The Hall–Kier alpha value is -2.46. The summed E-state index contributed by atoms with van der Waals surface area (Å²) in [6.45, 7) is 2.62. The summed E-state index contributed by atoms with van der Waals surface area (Å²) in [6, 6.07) is 14.0. The maximum Gasteiger partial charge on any atom is 0.253 e. The van der Waals surface area contributed by atoms with Crippen molar-refractivity contribution in [1.82, 2.24) is 10.4 Å². The fourth-order valence-electron chi connectivity index (χ4n) is 3.41. The van der Waals surface area contributed by atoms with Gasteiger partial charge in [0.25, 0.3) is 5.91 Å². The fourth-order valence-corrected chi connectivity index (χ4v) is 3.68. The summed E-state index contributed by atoms with van der Waals surface area (Å²) < 4.78 is 17.0. The molecule has 0 fully saturated rings. The van der Waals surface area contributed by atoms with Gasteiger partial charge in [-0.2, -0.15) is 0 Å². The first kappa shape index (κ1) is 26.8. The molecular formula is C24H31BrN2O6. The van der Waals surface area contributed by atoms with Crippen LogP contribution in [0, 0.1) is 5.92 Å². The number of likely N-dealkylation sites (N-methyl/N-ethyl adjacent to an activating group) is 1. The minimum Gasteiger partial charge on any atom is -0.497 e. The highest BCUT2D eigenvalue weighted by atomic mass is 79.9. The molecule has 0 heterocycles. The van der Waals surface area contributed by atoms with E-state index in [1.54, 1.807) is 48.8 Å². The van der Waals surface area contributed by atoms with Gasteiger partial charge >= 0.3 is 0 Å². The first-order chi connectivity index (χ1) is 15.9. The molecule has 2 aromatic rings. The molecule has 33 heavy (non-hydrogen) atoms. The maximum absolute atomic E-state index is 13.1. The Balaban J connectivity index is 2.23. The lowest BCUT2D eigenvalue weighted by Crippen LogP contribution is -2.44. The van der Waals surface area contributed by atoms with E-state index in [1.807, 2.05) is 31.2 Å². The van der Waals surface area contributed by atoms with E-state index < -0.39 is 17.9 Å². The van der Waals surface area contributed by atoms with E-state index in [9.17, 15) is 14.8 Å².